The Balaban J connectivity index is 2.01. The van der Waals surface area contributed by atoms with Crippen LogP contribution in [0, 0.1) is 5.82 Å². The topological polar surface area (TPSA) is 29.5 Å². The molecule has 2 aromatic carbocycles. The van der Waals surface area contributed by atoms with Crippen LogP contribution in [-0.2, 0) is 6.42 Å². The van der Waals surface area contributed by atoms with Crippen LogP contribution in [0.15, 0.2) is 42.5 Å². The maximum Gasteiger partial charge on any atom is 0.258 e. The van der Waals surface area contributed by atoms with Crippen molar-refractivity contribution < 1.29 is 13.9 Å². The lowest BCUT2D eigenvalue weighted by atomic mass is 9.95. The van der Waals surface area contributed by atoms with Gasteiger partial charge >= 0.3 is 0 Å². The average molecular weight is 299 g/mol. The summed E-state index contributed by atoms with van der Waals surface area (Å²) in [5.74, 6) is 0.302. The molecule has 1 aliphatic heterocycles. The van der Waals surface area contributed by atoms with E-state index in [9.17, 15) is 9.18 Å². The number of amides is 1. The van der Waals surface area contributed by atoms with Gasteiger partial charge in [0, 0.05) is 17.3 Å². The van der Waals surface area contributed by atoms with Crippen LogP contribution in [0.2, 0.25) is 0 Å². The minimum atomic E-state index is -0.262. The summed E-state index contributed by atoms with van der Waals surface area (Å²) in [5, 5.41) is 0. The molecule has 1 amide bonds. The lowest BCUT2D eigenvalue weighted by Crippen LogP contribution is -2.42. The van der Waals surface area contributed by atoms with E-state index in [1.54, 1.807) is 42.3 Å². The number of hydrogen-bond acceptors (Lipinski definition) is 2. The van der Waals surface area contributed by atoms with Gasteiger partial charge in [-0.3, -0.25) is 4.79 Å². The highest BCUT2D eigenvalue weighted by atomic mass is 19.1. The van der Waals surface area contributed by atoms with Gasteiger partial charge in [0.15, 0.2) is 0 Å². The van der Waals surface area contributed by atoms with Gasteiger partial charge in [0.2, 0.25) is 0 Å². The van der Waals surface area contributed by atoms with Crippen molar-refractivity contribution in [2.75, 3.05) is 12.0 Å². The Morgan fingerprint density at radius 2 is 2.09 bits per heavy atom. The zero-order valence-electron chi connectivity index (χ0n) is 12.7. The summed E-state index contributed by atoms with van der Waals surface area (Å²) in [5.41, 5.74) is 2.26. The predicted octanol–water partition coefficient (Wildman–Crippen LogP) is 3.82. The highest BCUT2D eigenvalue weighted by Crippen LogP contribution is 2.32. The molecule has 1 unspecified atom stereocenters. The van der Waals surface area contributed by atoms with Crippen molar-refractivity contribution in [3.8, 4) is 5.75 Å². The molecule has 0 N–H and O–H groups in total. The molecule has 0 aromatic heterocycles. The second-order valence-electron chi connectivity index (χ2n) is 5.57. The molecule has 1 aliphatic rings. The number of aryl methyl sites for hydroxylation is 1. The molecule has 0 saturated heterocycles. The van der Waals surface area contributed by atoms with Gasteiger partial charge in [-0.2, -0.15) is 0 Å². The summed E-state index contributed by atoms with van der Waals surface area (Å²) in [7, 11) is 1.57. The Morgan fingerprint density at radius 1 is 1.27 bits per heavy atom. The highest BCUT2D eigenvalue weighted by Gasteiger charge is 2.29. The van der Waals surface area contributed by atoms with Crippen molar-refractivity contribution in [1.29, 1.82) is 0 Å². The third-order valence-electron chi connectivity index (χ3n) is 4.11. The summed E-state index contributed by atoms with van der Waals surface area (Å²) >= 11 is 0. The number of benzene rings is 2. The number of nitrogens with zero attached hydrogens (tertiary/aromatic N) is 1. The summed E-state index contributed by atoms with van der Waals surface area (Å²) in [6.07, 6.45) is 1.61. The SMILES string of the molecule is COc1cccc(C(=O)N2c3ccc(F)cc3CCC2C)c1. The van der Waals surface area contributed by atoms with E-state index in [0.29, 0.717) is 11.3 Å². The number of rotatable bonds is 2. The van der Waals surface area contributed by atoms with Crippen molar-refractivity contribution in [3.63, 3.8) is 0 Å². The molecule has 114 valence electrons. The molecular weight excluding hydrogens is 281 g/mol. The van der Waals surface area contributed by atoms with Crippen molar-refractivity contribution >= 4 is 11.6 Å². The normalized spacial score (nSPS) is 17.0. The number of hydrogen-bond donors (Lipinski definition) is 0. The minimum Gasteiger partial charge on any atom is -0.497 e. The quantitative estimate of drug-likeness (QED) is 0.844. The second kappa shape index (κ2) is 5.79. The largest absolute Gasteiger partial charge is 0.497 e. The predicted molar refractivity (Wildman–Crippen MR) is 84.0 cm³/mol. The Kier molecular flexibility index (Phi) is 3.84. The molecule has 0 aliphatic carbocycles. The van der Waals surface area contributed by atoms with Gasteiger partial charge < -0.3 is 9.64 Å². The van der Waals surface area contributed by atoms with E-state index in [0.717, 1.165) is 24.1 Å². The maximum absolute atomic E-state index is 13.4. The van der Waals surface area contributed by atoms with E-state index in [2.05, 4.69) is 0 Å². The highest BCUT2D eigenvalue weighted by molar-refractivity contribution is 6.07. The number of anilines is 1. The molecule has 1 heterocycles. The smallest absolute Gasteiger partial charge is 0.258 e. The molecule has 0 bridgehead atoms. The van der Waals surface area contributed by atoms with Crippen LogP contribution < -0.4 is 9.64 Å². The standard InChI is InChI=1S/C18H18FNO2/c1-12-6-7-13-10-15(19)8-9-17(13)20(12)18(21)14-4-3-5-16(11-14)22-2/h3-5,8-12H,6-7H2,1-2H3. The molecule has 0 fully saturated rings. The van der Waals surface area contributed by atoms with Crippen molar-refractivity contribution in [2.24, 2.45) is 0 Å². The van der Waals surface area contributed by atoms with Gasteiger partial charge in [-0.1, -0.05) is 6.07 Å². The monoisotopic (exact) mass is 299 g/mol. The van der Waals surface area contributed by atoms with Gasteiger partial charge in [0.1, 0.15) is 11.6 Å². The number of ether oxygens (including phenoxy) is 1. The van der Waals surface area contributed by atoms with E-state index in [4.69, 9.17) is 4.74 Å². The van der Waals surface area contributed by atoms with E-state index < -0.39 is 0 Å². The number of halogens is 1. The number of methoxy groups -OCH3 is 1. The molecule has 2 aromatic rings. The lowest BCUT2D eigenvalue weighted by molar-refractivity contribution is 0.0975. The summed E-state index contributed by atoms with van der Waals surface area (Å²) in [6.45, 7) is 2.02. The molecule has 22 heavy (non-hydrogen) atoms. The van der Waals surface area contributed by atoms with Crippen molar-refractivity contribution in [2.45, 2.75) is 25.8 Å². The maximum atomic E-state index is 13.4. The number of carbonyl (C=O) groups is 1. The zero-order chi connectivity index (χ0) is 15.7. The fraction of sp³-hybridized carbons (Fsp3) is 0.278. The fourth-order valence-corrected chi connectivity index (χ4v) is 2.93. The van der Waals surface area contributed by atoms with Crippen LogP contribution in [0.25, 0.3) is 0 Å². The lowest BCUT2D eigenvalue weighted by Gasteiger charge is -2.35. The summed E-state index contributed by atoms with van der Waals surface area (Å²) in [4.78, 5) is 14.7. The third-order valence-corrected chi connectivity index (χ3v) is 4.11. The first kappa shape index (κ1) is 14.6. The first-order valence-electron chi connectivity index (χ1n) is 7.36. The number of fused-ring (bicyclic) bond motifs is 1. The number of carbonyl (C=O) groups excluding carboxylic acids is 1. The van der Waals surface area contributed by atoms with E-state index in [-0.39, 0.29) is 17.8 Å². The second-order valence-corrected chi connectivity index (χ2v) is 5.57. The Morgan fingerprint density at radius 3 is 2.86 bits per heavy atom. The van der Waals surface area contributed by atoms with Crippen LogP contribution in [0.3, 0.4) is 0 Å². The Bertz CT molecular complexity index is 714. The van der Waals surface area contributed by atoms with Gasteiger partial charge in [-0.25, -0.2) is 4.39 Å². The van der Waals surface area contributed by atoms with Gasteiger partial charge in [-0.05, 0) is 61.7 Å². The Hall–Kier alpha value is -2.36. The fourth-order valence-electron chi connectivity index (χ4n) is 2.93. The molecule has 4 heteroatoms. The molecule has 0 radical (unpaired) electrons. The van der Waals surface area contributed by atoms with Gasteiger partial charge in [0.05, 0.1) is 7.11 Å². The molecular formula is C18H18FNO2. The Labute approximate surface area is 129 Å². The van der Waals surface area contributed by atoms with Gasteiger partial charge in [-0.15, -0.1) is 0 Å². The summed E-state index contributed by atoms with van der Waals surface area (Å²) in [6, 6.07) is 11.8. The van der Waals surface area contributed by atoms with E-state index in [1.165, 1.54) is 12.1 Å². The molecule has 1 atom stereocenters. The molecule has 0 saturated carbocycles. The third kappa shape index (κ3) is 2.56. The van der Waals surface area contributed by atoms with Crippen LogP contribution in [0.5, 0.6) is 5.75 Å². The van der Waals surface area contributed by atoms with E-state index in [1.807, 2.05) is 6.92 Å². The average Bonchev–Trinajstić information content (AvgIpc) is 2.54. The van der Waals surface area contributed by atoms with Crippen LogP contribution in [-0.4, -0.2) is 19.1 Å². The zero-order valence-corrected chi connectivity index (χ0v) is 12.7. The van der Waals surface area contributed by atoms with Gasteiger partial charge in [0.25, 0.3) is 5.91 Å². The first-order chi connectivity index (χ1) is 10.6. The summed E-state index contributed by atoms with van der Waals surface area (Å²) < 4.78 is 18.6. The molecule has 3 nitrogen and oxygen atoms in total. The molecule has 0 spiro atoms. The van der Waals surface area contributed by atoms with Crippen molar-refractivity contribution in [3.05, 3.63) is 59.4 Å². The minimum absolute atomic E-state index is 0.0802. The van der Waals surface area contributed by atoms with Crippen LogP contribution >= 0.6 is 0 Å². The van der Waals surface area contributed by atoms with Crippen LogP contribution in [0.4, 0.5) is 10.1 Å². The van der Waals surface area contributed by atoms with E-state index >= 15 is 0 Å². The van der Waals surface area contributed by atoms with Crippen LogP contribution in [0.1, 0.15) is 29.3 Å². The van der Waals surface area contributed by atoms with Crippen molar-refractivity contribution in [1.82, 2.24) is 0 Å². The first-order valence-corrected chi connectivity index (χ1v) is 7.36. The molecule has 3 rings (SSSR count).